The monoisotopic (exact) mass is 403 g/mol. The number of aryl methyl sites for hydroxylation is 2. The van der Waals surface area contributed by atoms with Gasteiger partial charge in [-0.15, -0.1) is 0 Å². The molecule has 1 aromatic heterocycles. The van der Waals surface area contributed by atoms with E-state index in [1.54, 1.807) is 31.4 Å². The highest BCUT2D eigenvalue weighted by Gasteiger charge is 2.29. The minimum atomic E-state index is -4.43. The average Bonchev–Trinajstić information content (AvgIpc) is 2.69. The van der Waals surface area contributed by atoms with Gasteiger partial charge in [-0.2, -0.15) is 13.2 Å². The number of unbranched alkanes of at least 4 members (excludes halogenated alkanes) is 2. The zero-order valence-electron chi connectivity index (χ0n) is 16.6. The number of pyridine rings is 1. The summed E-state index contributed by atoms with van der Waals surface area (Å²) in [5.74, 6) is 0.158. The minimum Gasteiger partial charge on any atom is -0.483 e. The molecule has 0 aliphatic heterocycles. The fourth-order valence-electron chi connectivity index (χ4n) is 3.44. The molecule has 0 aliphatic carbocycles. The quantitative estimate of drug-likeness (QED) is 0.461. The molecule has 0 aliphatic rings. The molecule has 3 rings (SSSR count). The molecule has 2 aromatic carbocycles. The predicted molar refractivity (Wildman–Crippen MR) is 109 cm³/mol. The molecule has 0 fully saturated rings. The molecular weight excluding hydrogens is 379 g/mol. The van der Waals surface area contributed by atoms with E-state index in [-0.39, 0.29) is 11.3 Å². The molecule has 0 spiro atoms. The number of rotatable bonds is 7. The van der Waals surface area contributed by atoms with Crippen LogP contribution in [0.3, 0.4) is 0 Å². The molecule has 29 heavy (non-hydrogen) atoms. The highest BCUT2D eigenvalue weighted by molar-refractivity contribution is 5.97. The highest BCUT2D eigenvalue weighted by atomic mass is 19.4. The second-order valence-corrected chi connectivity index (χ2v) is 7.20. The Balaban J connectivity index is 2.14. The smallest absolute Gasteiger partial charge is 0.422 e. The first-order chi connectivity index (χ1) is 13.8. The summed E-state index contributed by atoms with van der Waals surface area (Å²) in [6, 6.07) is 12.4. The third-order valence-electron chi connectivity index (χ3n) is 4.89. The molecule has 3 aromatic rings. The maximum atomic E-state index is 12.8. The minimum absolute atomic E-state index is 0.152. The predicted octanol–water partition coefficient (Wildman–Crippen LogP) is 5.88. The number of halogens is 3. The Morgan fingerprint density at radius 1 is 1.00 bits per heavy atom. The molecule has 1 heterocycles. The molecule has 6 heteroatoms. The number of hydrogen-bond donors (Lipinski definition) is 0. The first kappa shape index (κ1) is 21.0. The largest absolute Gasteiger partial charge is 0.483 e. The lowest BCUT2D eigenvalue weighted by atomic mass is 9.96. The molecule has 154 valence electrons. The maximum Gasteiger partial charge on any atom is 0.422 e. The van der Waals surface area contributed by atoms with Gasteiger partial charge in [0, 0.05) is 29.8 Å². The van der Waals surface area contributed by atoms with Gasteiger partial charge in [0.25, 0.3) is 5.56 Å². The molecule has 0 saturated carbocycles. The fraction of sp³-hybridized carbons (Fsp3) is 0.348. The summed E-state index contributed by atoms with van der Waals surface area (Å²) in [5, 5.41) is 1.21. The van der Waals surface area contributed by atoms with Gasteiger partial charge in [0.1, 0.15) is 5.75 Å². The third-order valence-corrected chi connectivity index (χ3v) is 4.89. The molecule has 0 amide bonds. The van der Waals surface area contributed by atoms with E-state index in [1.807, 2.05) is 24.3 Å². The Hall–Kier alpha value is -2.76. The Bertz CT molecular complexity index is 1050. The van der Waals surface area contributed by atoms with Crippen LogP contribution >= 0.6 is 0 Å². The molecule has 0 atom stereocenters. The Morgan fingerprint density at radius 2 is 1.72 bits per heavy atom. The molecule has 0 radical (unpaired) electrons. The van der Waals surface area contributed by atoms with Crippen molar-refractivity contribution < 1.29 is 17.9 Å². The van der Waals surface area contributed by atoms with Crippen LogP contribution in [0.5, 0.6) is 5.75 Å². The van der Waals surface area contributed by atoms with Crippen molar-refractivity contribution in [3.8, 4) is 16.9 Å². The van der Waals surface area contributed by atoms with Crippen LogP contribution < -0.4 is 10.3 Å². The van der Waals surface area contributed by atoms with Gasteiger partial charge < -0.3 is 9.30 Å². The highest BCUT2D eigenvalue weighted by Crippen LogP contribution is 2.36. The van der Waals surface area contributed by atoms with Crippen molar-refractivity contribution in [3.63, 3.8) is 0 Å². The van der Waals surface area contributed by atoms with Gasteiger partial charge in [-0.25, -0.2) is 0 Å². The van der Waals surface area contributed by atoms with E-state index in [9.17, 15) is 18.0 Å². The molecule has 0 N–H and O–H groups in total. The van der Waals surface area contributed by atoms with Gasteiger partial charge in [-0.3, -0.25) is 4.79 Å². The zero-order chi connectivity index (χ0) is 21.0. The SMILES string of the molecule is CCCCCc1ccc(OCC(F)(F)F)c(-c2cn(C)c(=O)c3ccccc23)c1. The number of benzene rings is 2. The van der Waals surface area contributed by atoms with Crippen molar-refractivity contribution >= 4 is 10.8 Å². The van der Waals surface area contributed by atoms with Crippen LogP contribution in [-0.4, -0.2) is 17.4 Å². The van der Waals surface area contributed by atoms with Gasteiger partial charge in [0.15, 0.2) is 6.61 Å². The third kappa shape index (κ3) is 5.00. The van der Waals surface area contributed by atoms with E-state index in [1.165, 1.54) is 4.57 Å². The van der Waals surface area contributed by atoms with Crippen molar-refractivity contribution in [1.29, 1.82) is 0 Å². The number of hydrogen-bond acceptors (Lipinski definition) is 2. The summed E-state index contributed by atoms with van der Waals surface area (Å²) < 4.78 is 44.9. The van der Waals surface area contributed by atoms with Crippen LogP contribution in [0.25, 0.3) is 21.9 Å². The fourth-order valence-corrected chi connectivity index (χ4v) is 3.44. The first-order valence-electron chi connectivity index (χ1n) is 9.71. The molecule has 0 saturated heterocycles. The first-order valence-corrected chi connectivity index (χ1v) is 9.71. The summed E-state index contributed by atoms with van der Waals surface area (Å²) in [5.41, 5.74) is 2.12. The molecular formula is C23H24F3NO2. The van der Waals surface area contributed by atoms with Crippen molar-refractivity contribution in [1.82, 2.24) is 4.57 Å². The van der Waals surface area contributed by atoms with E-state index in [4.69, 9.17) is 4.74 Å². The number of fused-ring (bicyclic) bond motifs is 1. The lowest BCUT2D eigenvalue weighted by Crippen LogP contribution is -2.20. The number of nitrogens with zero attached hydrogens (tertiary/aromatic N) is 1. The standard InChI is InChI=1S/C23H24F3NO2/c1-3-4-5-8-16-11-12-21(29-15-23(24,25)26)19(13-16)20-14-27(2)22(28)18-10-7-6-9-17(18)20/h6-7,9-14H,3-5,8,15H2,1-2H3. The topological polar surface area (TPSA) is 31.2 Å². The van der Waals surface area contributed by atoms with E-state index >= 15 is 0 Å². The molecule has 0 bridgehead atoms. The summed E-state index contributed by atoms with van der Waals surface area (Å²) in [6.07, 6.45) is 1.26. The van der Waals surface area contributed by atoms with Gasteiger partial charge >= 0.3 is 6.18 Å². The van der Waals surface area contributed by atoms with Crippen molar-refractivity contribution in [3.05, 3.63) is 64.6 Å². The second-order valence-electron chi connectivity index (χ2n) is 7.20. The van der Waals surface area contributed by atoms with Gasteiger partial charge in [-0.05, 0) is 42.0 Å². The molecule has 3 nitrogen and oxygen atoms in total. The van der Waals surface area contributed by atoms with Gasteiger partial charge in [0.2, 0.25) is 0 Å². The van der Waals surface area contributed by atoms with Crippen LogP contribution in [0.1, 0.15) is 31.7 Å². The van der Waals surface area contributed by atoms with Gasteiger partial charge in [0.05, 0.1) is 0 Å². The van der Waals surface area contributed by atoms with Gasteiger partial charge in [-0.1, -0.05) is 44.0 Å². The van der Waals surface area contributed by atoms with Crippen molar-refractivity contribution in [2.45, 2.75) is 38.8 Å². The van der Waals surface area contributed by atoms with Crippen LogP contribution in [0.15, 0.2) is 53.5 Å². The van der Waals surface area contributed by atoms with E-state index < -0.39 is 12.8 Å². The Kier molecular flexibility index (Phi) is 6.30. The van der Waals surface area contributed by atoms with E-state index in [0.29, 0.717) is 21.9 Å². The average molecular weight is 403 g/mol. The lowest BCUT2D eigenvalue weighted by molar-refractivity contribution is -0.153. The lowest BCUT2D eigenvalue weighted by Gasteiger charge is -2.17. The second kappa shape index (κ2) is 8.72. The van der Waals surface area contributed by atoms with Crippen LogP contribution in [0.4, 0.5) is 13.2 Å². The number of aromatic nitrogens is 1. The summed E-state index contributed by atoms with van der Waals surface area (Å²) in [7, 11) is 1.64. The Labute approximate surface area is 167 Å². The number of ether oxygens (including phenoxy) is 1. The van der Waals surface area contributed by atoms with E-state index in [0.717, 1.165) is 31.2 Å². The van der Waals surface area contributed by atoms with Crippen LogP contribution in [0.2, 0.25) is 0 Å². The van der Waals surface area contributed by atoms with Crippen LogP contribution in [0, 0.1) is 0 Å². The van der Waals surface area contributed by atoms with Crippen LogP contribution in [-0.2, 0) is 13.5 Å². The molecule has 0 unspecified atom stereocenters. The number of alkyl halides is 3. The van der Waals surface area contributed by atoms with E-state index in [2.05, 4.69) is 6.92 Å². The summed E-state index contributed by atoms with van der Waals surface area (Å²) >= 11 is 0. The van der Waals surface area contributed by atoms with Crippen molar-refractivity contribution in [2.24, 2.45) is 7.05 Å². The maximum absolute atomic E-state index is 12.8. The zero-order valence-corrected chi connectivity index (χ0v) is 16.6. The van der Waals surface area contributed by atoms with Crippen molar-refractivity contribution in [2.75, 3.05) is 6.61 Å². The summed E-state index contributed by atoms with van der Waals surface area (Å²) in [4.78, 5) is 12.5. The summed E-state index contributed by atoms with van der Waals surface area (Å²) in [6.45, 7) is 0.759. The Morgan fingerprint density at radius 3 is 2.41 bits per heavy atom. The normalized spacial score (nSPS) is 11.8.